The van der Waals surface area contributed by atoms with Gasteiger partial charge < -0.3 is 15.5 Å². The van der Waals surface area contributed by atoms with Gasteiger partial charge in [-0.15, -0.1) is 24.0 Å². The molecule has 5 heteroatoms. The minimum Gasteiger partial charge on any atom is -0.461 e. The molecule has 2 aromatic carbocycles. The lowest BCUT2D eigenvalue weighted by molar-refractivity contribution is 0.550. The van der Waals surface area contributed by atoms with Crippen molar-refractivity contribution in [3.8, 4) is 0 Å². The molecule has 0 aliphatic carbocycles. The number of anilines is 1. The maximum absolute atomic E-state index is 5.90. The van der Waals surface area contributed by atoms with Gasteiger partial charge in [0.2, 0.25) is 0 Å². The highest BCUT2D eigenvalue weighted by molar-refractivity contribution is 14.0. The van der Waals surface area contributed by atoms with E-state index >= 15 is 0 Å². The second-order valence-corrected chi connectivity index (χ2v) is 5.26. The largest absolute Gasteiger partial charge is 0.461 e. The molecule has 0 aliphatic heterocycles. The highest BCUT2D eigenvalue weighted by Gasteiger charge is 2.02. The zero-order valence-electron chi connectivity index (χ0n) is 13.0. The number of guanidine groups is 1. The molecule has 0 amide bonds. The summed E-state index contributed by atoms with van der Waals surface area (Å²) in [6.07, 6.45) is 0.727. The molecule has 0 spiro atoms. The number of nitrogens with zero attached hydrogens (tertiary/aromatic N) is 1. The lowest BCUT2D eigenvalue weighted by Gasteiger charge is -2.05. The molecule has 0 bridgehead atoms. The molecule has 1 aromatic heterocycles. The van der Waals surface area contributed by atoms with E-state index in [-0.39, 0.29) is 24.0 Å². The number of nitrogens with two attached hydrogens (primary N) is 1. The molecule has 0 saturated heterocycles. The molecule has 0 saturated carbocycles. The van der Waals surface area contributed by atoms with Crippen molar-refractivity contribution in [2.24, 2.45) is 10.7 Å². The van der Waals surface area contributed by atoms with Gasteiger partial charge in [-0.3, -0.25) is 4.99 Å². The average Bonchev–Trinajstić information content (AvgIpc) is 2.90. The van der Waals surface area contributed by atoms with Crippen LogP contribution in [0.5, 0.6) is 0 Å². The second kappa shape index (κ2) is 8.01. The van der Waals surface area contributed by atoms with Crippen LogP contribution in [0, 0.1) is 6.92 Å². The minimum atomic E-state index is 0. The number of para-hydroxylation sites is 1. The number of hydrogen-bond donors (Lipinski definition) is 2. The van der Waals surface area contributed by atoms with Gasteiger partial charge in [-0.25, -0.2) is 0 Å². The van der Waals surface area contributed by atoms with Crippen LogP contribution in [0.2, 0.25) is 0 Å². The van der Waals surface area contributed by atoms with Crippen LogP contribution in [0.3, 0.4) is 0 Å². The van der Waals surface area contributed by atoms with Gasteiger partial charge in [0, 0.05) is 24.0 Å². The Morgan fingerprint density at radius 1 is 1.13 bits per heavy atom. The molecular weight excluding hydrogens is 401 g/mol. The number of nitrogens with one attached hydrogen (secondary N) is 1. The van der Waals surface area contributed by atoms with Crippen LogP contribution in [0.15, 0.2) is 64.0 Å². The molecule has 0 aliphatic rings. The Morgan fingerprint density at radius 3 is 2.74 bits per heavy atom. The lowest BCUT2D eigenvalue weighted by atomic mass is 10.2. The number of fused-ring (bicyclic) bond motifs is 1. The summed E-state index contributed by atoms with van der Waals surface area (Å²) >= 11 is 0. The molecule has 3 N–H and O–H groups in total. The summed E-state index contributed by atoms with van der Waals surface area (Å²) in [5.74, 6) is 1.34. The Hall–Kier alpha value is -2.02. The first-order chi connectivity index (χ1) is 10.7. The molecule has 0 fully saturated rings. The second-order valence-electron chi connectivity index (χ2n) is 5.26. The zero-order chi connectivity index (χ0) is 15.4. The topological polar surface area (TPSA) is 63.5 Å². The van der Waals surface area contributed by atoms with E-state index in [1.165, 1.54) is 5.56 Å². The van der Waals surface area contributed by atoms with Crippen molar-refractivity contribution >= 4 is 46.6 Å². The molecule has 1 heterocycles. The van der Waals surface area contributed by atoms with Crippen molar-refractivity contribution in [1.29, 1.82) is 0 Å². The zero-order valence-corrected chi connectivity index (χ0v) is 15.3. The normalized spacial score (nSPS) is 11.3. The molecule has 0 radical (unpaired) electrons. The van der Waals surface area contributed by atoms with Gasteiger partial charge in [-0.2, -0.15) is 0 Å². The summed E-state index contributed by atoms with van der Waals surface area (Å²) in [6, 6.07) is 18.1. The van der Waals surface area contributed by atoms with Gasteiger partial charge in [-0.05, 0) is 36.8 Å². The number of aliphatic imine (C=N–C) groups is 1. The first kappa shape index (κ1) is 17.3. The molecular formula is C18H20IN3O. The van der Waals surface area contributed by atoms with Gasteiger partial charge in [0.05, 0.1) is 0 Å². The molecule has 3 rings (SSSR count). The molecule has 23 heavy (non-hydrogen) atoms. The maximum atomic E-state index is 5.90. The maximum Gasteiger partial charge on any atom is 0.193 e. The van der Waals surface area contributed by atoms with Crippen LogP contribution in [-0.4, -0.2) is 12.5 Å². The van der Waals surface area contributed by atoms with E-state index in [9.17, 15) is 0 Å². The summed E-state index contributed by atoms with van der Waals surface area (Å²) < 4.78 is 5.75. The van der Waals surface area contributed by atoms with E-state index in [1.807, 2.05) is 55.5 Å². The van der Waals surface area contributed by atoms with E-state index in [0.717, 1.165) is 28.8 Å². The van der Waals surface area contributed by atoms with Crippen LogP contribution in [0.1, 0.15) is 11.3 Å². The first-order valence-electron chi connectivity index (χ1n) is 7.32. The standard InChI is InChI=1S/C18H19N3O.HI/c1-13-5-4-7-15(11-13)21-18(19)20-10-9-16-12-14-6-2-3-8-17(14)22-16;/h2-8,11-12H,9-10H2,1H3,(H3,19,20,21);1H. The van der Waals surface area contributed by atoms with Crippen LogP contribution in [0.4, 0.5) is 5.69 Å². The smallest absolute Gasteiger partial charge is 0.193 e. The fraction of sp³-hybridized carbons (Fsp3) is 0.167. The molecule has 0 atom stereocenters. The fourth-order valence-electron chi connectivity index (χ4n) is 2.36. The summed E-state index contributed by atoms with van der Waals surface area (Å²) in [4.78, 5) is 4.34. The van der Waals surface area contributed by atoms with E-state index in [4.69, 9.17) is 10.2 Å². The van der Waals surface area contributed by atoms with Crippen LogP contribution < -0.4 is 11.1 Å². The number of hydrogen-bond acceptors (Lipinski definition) is 2. The van der Waals surface area contributed by atoms with E-state index in [2.05, 4.69) is 16.4 Å². The Kier molecular flexibility index (Phi) is 6.04. The molecule has 0 unspecified atom stereocenters. The minimum absolute atomic E-state index is 0. The molecule has 3 aromatic rings. The highest BCUT2D eigenvalue weighted by Crippen LogP contribution is 2.19. The number of halogens is 1. The molecule has 4 nitrogen and oxygen atoms in total. The SMILES string of the molecule is Cc1cccc(NC(N)=NCCc2cc3ccccc3o2)c1.I. The predicted octanol–water partition coefficient (Wildman–Crippen LogP) is 4.33. The Bertz CT molecular complexity index is 778. The Balaban J connectivity index is 0.00000192. The third-order valence-electron chi connectivity index (χ3n) is 3.41. The average molecular weight is 421 g/mol. The number of rotatable bonds is 4. The Labute approximate surface area is 152 Å². The van der Waals surface area contributed by atoms with Crippen molar-refractivity contribution in [2.75, 3.05) is 11.9 Å². The molecule has 120 valence electrons. The van der Waals surface area contributed by atoms with Gasteiger partial charge in [0.15, 0.2) is 5.96 Å². The van der Waals surface area contributed by atoms with Crippen LogP contribution in [0.25, 0.3) is 11.0 Å². The lowest BCUT2D eigenvalue weighted by Crippen LogP contribution is -2.23. The predicted molar refractivity (Wildman–Crippen MR) is 107 cm³/mol. The van der Waals surface area contributed by atoms with E-state index < -0.39 is 0 Å². The van der Waals surface area contributed by atoms with Gasteiger partial charge in [-0.1, -0.05) is 30.3 Å². The third-order valence-corrected chi connectivity index (χ3v) is 3.41. The number of benzene rings is 2. The van der Waals surface area contributed by atoms with Gasteiger partial charge in [0.25, 0.3) is 0 Å². The van der Waals surface area contributed by atoms with E-state index in [1.54, 1.807) is 0 Å². The Morgan fingerprint density at radius 2 is 1.96 bits per heavy atom. The number of furan rings is 1. The highest BCUT2D eigenvalue weighted by atomic mass is 127. The summed E-state index contributed by atoms with van der Waals surface area (Å²) in [7, 11) is 0. The monoisotopic (exact) mass is 421 g/mol. The summed E-state index contributed by atoms with van der Waals surface area (Å²) in [6.45, 7) is 2.63. The van der Waals surface area contributed by atoms with Crippen molar-refractivity contribution in [3.63, 3.8) is 0 Å². The van der Waals surface area contributed by atoms with E-state index in [0.29, 0.717) is 12.5 Å². The van der Waals surface area contributed by atoms with Crippen molar-refractivity contribution in [1.82, 2.24) is 0 Å². The first-order valence-corrected chi connectivity index (χ1v) is 7.32. The van der Waals surface area contributed by atoms with Gasteiger partial charge >= 0.3 is 0 Å². The van der Waals surface area contributed by atoms with Crippen LogP contribution >= 0.6 is 24.0 Å². The summed E-state index contributed by atoms with van der Waals surface area (Å²) in [5, 5.41) is 4.21. The van der Waals surface area contributed by atoms with Crippen molar-refractivity contribution in [2.45, 2.75) is 13.3 Å². The van der Waals surface area contributed by atoms with Gasteiger partial charge in [0.1, 0.15) is 11.3 Å². The fourth-order valence-corrected chi connectivity index (χ4v) is 2.36. The summed E-state index contributed by atoms with van der Waals surface area (Å²) in [5.41, 5.74) is 8.94. The van der Waals surface area contributed by atoms with Crippen molar-refractivity contribution in [3.05, 3.63) is 65.9 Å². The number of aryl methyl sites for hydroxylation is 1. The quantitative estimate of drug-likeness (QED) is 0.375. The van der Waals surface area contributed by atoms with Crippen LogP contribution in [-0.2, 0) is 6.42 Å². The van der Waals surface area contributed by atoms with Crippen molar-refractivity contribution < 1.29 is 4.42 Å². The third kappa shape index (κ3) is 4.72.